The van der Waals surface area contributed by atoms with E-state index in [0.29, 0.717) is 5.92 Å². The van der Waals surface area contributed by atoms with Gasteiger partial charge in [0.25, 0.3) is 0 Å². The van der Waals surface area contributed by atoms with Gasteiger partial charge in [-0.1, -0.05) is 63.7 Å². The van der Waals surface area contributed by atoms with Crippen molar-refractivity contribution in [1.82, 2.24) is 0 Å². The van der Waals surface area contributed by atoms with Crippen molar-refractivity contribution in [2.45, 2.75) is 61.3 Å². The monoisotopic (exact) mass is 462 g/mol. The molecular formula is C30H40P2. The van der Waals surface area contributed by atoms with Crippen LogP contribution in [0, 0.1) is 41.5 Å². The zero-order valence-corrected chi connectivity index (χ0v) is 23.7. The summed E-state index contributed by atoms with van der Waals surface area (Å²) in [5.74, 6) is 0.486. The minimum Gasteiger partial charge on any atom is -0.0864 e. The van der Waals surface area contributed by atoms with E-state index < -0.39 is 6.55 Å². The van der Waals surface area contributed by atoms with E-state index in [1.54, 1.807) is 0 Å². The Bertz CT molecular complexity index is 1100. The molecular weight excluding hydrogens is 422 g/mol. The normalized spacial score (nSPS) is 12.1. The number of hydrogen-bond acceptors (Lipinski definition) is 0. The van der Waals surface area contributed by atoms with Gasteiger partial charge in [-0.2, -0.15) is 0 Å². The van der Waals surface area contributed by atoms with Gasteiger partial charge in [-0.15, -0.1) is 0 Å². The summed E-state index contributed by atoms with van der Waals surface area (Å²) in [6.07, 6.45) is 0. The van der Waals surface area contributed by atoms with Crippen LogP contribution in [0.5, 0.6) is 0 Å². The lowest BCUT2D eigenvalue weighted by Gasteiger charge is -2.23. The maximum Gasteiger partial charge on any atom is 0.0173 e. The van der Waals surface area contributed by atoms with Crippen molar-refractivity contribution >= 4 is 19.7 Å². The zero-order chi connectivity index (χ0) is 24.0. The van der Waals surface area contributed by atoms with Crippen LogP contribution in [-0.4, -0.2) is 20.0 Å². The second kappa shape index (κ2) is 9.33. The van der Waals surface area contributed by atoms with Gasteiger partial charge in [0, 0.05) is 5.30 Å². The summed E-state index contributed by atoms with van der Waals surface area (Å²) in [5, 5.41) is 1.51. The van der Waals surface area contributed by atoms with Crippen LogP contribution in [0.4, 0.5) is 0 Å². The molecule has 3 rings (SSSR count). The third kappa shape index (κ3) is 5.30. The number of rotatable bonds is 4. The van der Waals surface area contributed by atoms with Crippen molar-refractivity contribution in [3.63, 3.8) is 0 Å². The van der Waals surface area contributed by atoms with Crippen LogP contribution in [0.1, 0.15) is 58.7 Å². The summed E-state index contributed by atoms with van der Waals surface area (Å²) >= 11 is 0. The minimum atomic E-state index is -1.08. The van der Waals surface area contributed by atoms with E-state index in [4.69, 9.17) is 0 Å². The van der Waals surface area contributed by atoms with E-state index in [0.717, 1.165) is 0 Å². The summed E-state index contributed by atoms with van der Waals surface area (Å²) in [6.45, 7) is 24.5. The first-order chi connectivity index (χ1) is 14.8. The molecule has 0 nitrogen and oxygen atoms in total. The Morgan fingerprint density at radius 1 is 0.594 bits per heavy atom. The molecule has 0 amide bonds. The highest BCUT2D eigenvalue weighted by Crippen LogP contribution is 2.49. The Morgan fingerprint density at radius 2 is 0.938 bits per heavy atom. The lowest BCUT2D eigenvalue weighted by atomic mass is 9.86. The highest BCUT2D eigenvalue weighted by Gasteiger charge is 2.20. The largest absolute Gasteiger partial charge is 0.0864 e. The maximum absolute atomic E-state index is 2.50. The summed E-state index contributed by atoms with van der Waals surface area (Å²) in [6, 6.07) is 14.4. The van der Waals surface area contributed by atoms with Crippen LogP contribution in [0.2, 0.25) is 0 Å². The predicted molar refractivity (Wildman–Crippen MR) is 151 cm³/mol. The Balaban J connectivity index is 2.57. The fourth-order valence-corrected chi connectivity index (χ4v) is 8.60. The van der Waals surface area contributed by atoms with Gasteiger partial charge in [-0.05, 0) is 130 Å². The van der Waals surface area contributed by atoms with Gasteiger partial charge < -0.3 is 0 Å². The second-order valence-electron chi connectivity index (χ2n) is 10.7. The van der Waals surface area contributed by atoms with Crippen LogP contribution in [0.3, 0.4) is 0 Å². The molecule has 170 valence electrons. The van der Waals surface area contributed by atoms with Gasteiger partial charge in [-0.25, -0.2) is 0 Å². The van der Waals surface area contributed by atoms with Crippen LogP contribution in [0.15, 0.2) is 36.4 Å². The first kappa shape index (κ1) is 25.0. The standard InChI is InChI=1S/C30H40P2/c1-18(2)25-16-26(28-21(5)12-19(3)13-22(28)6)30(31-32(9,10)11)27(17-25)29-23(7)14-20(4)15-24(29)8/h12-18H,1-11H3. The average molecular weight is 463 g/mol. The molecule has 2 heteroatoms. The maximum atomic E-state index is 2.50. The van der Waals surface area contributed by atoms with E-state index in [-0.39, 0.29) is 0 Å². The van der Waals surface area contributed by atoms with Crippen LogP contribution in [0.25, 0.3) is 22.3 Å². The molecule has 0 fully saturated rings. The van der Waals surface area contributed by atoms with Gasteiger partial charge in [0.05, 0.1) is 0 Å². The van der Waals surface area contributed by atoms with Crippen LogP contribution in [-0.2, 0) is 0 Å². The molecule has 0 atom stereocenters. The topological polar surface area (TPSA) is 0 Å². The molecule has 3 aromatic rings. The minimum absolute atomic E-state index is 0.486. The Kier molecular flexibility index (Phi) is 7.29. The zero-order valence-electron chi connectivity index (χ0n) is 21.9. The summed E-state index contributed by atoms with van der Waals surface area (Å²) in [5.41, 5.74) is 15.4. The summed E-state index contributed by atoms with van der Waals surface area (Å²) in [4.78, 5) is 0. The van der Waals surface area contributed by atoms with Crippen molar-refractivity contribution in [2.24, 2.45) is 0 Å². The Labute approximate surface area is 198 Å². The lowest BCUT2D eigenvalue weighted by molar-refractivity contribution is 0.868. The van der Waals surface area contributed by atoms with E-state index in [1.165, 1.54) is 74.4 Å². The average Bonchev–Trinajstić information content (AvgIpc) is 2.60. The molecule has 0 N–H and O–H groups in total. The van der Waals surface area contributed by atoms with Crippen molar-refractivity contribution in [3.05, 3.63) is 75.3 Å². The fraction of sp³-hybridized carbons (Fsp3) is 0.400. The van der Waals surface area contributed by atoms with Crippen molar-refractivity contribution in [2.75, 3.05) is 20.0 Å². The van der Waals surface area contributed by atoms with Gasteiger partial charge in [-0.3, -0.25) is 0 Å². The third-order valence-corrected chi connectivity index (χ3v) is 9.77. The van der Waals surface area contributed by atoms with Crippen molar-refractivity contribution in [3.8, 4) is 22.3 Å². The van der Waals surface area contributed by atoms with Gasteiger partial charge in [0.2, 0.25) is 0 Å². The highest BCUT2D eigenvalue weighted by molar-refractivity contribution is 8.06. The molecule has 0 unspecified atom stereocenters. The molecule has 0 aliphatic rings. The first-order valence-electron chi connectivity index (χ1n) is 11.7. The quantitative estimate of drug-likeness (QED) is 0.339. The van der Waals surface area contributed by atoms with E-state index in [2.05, 4.69) is 112 Å². The SMILES string of the molecule is Cc1cc(C)c(-c2cc(C(C)C)cc(-c3c(C)cc(C)cc3C)c2P=P(C)(C)C)c(C)c1. The van der Waals surface area contributed by atoms with Crippen LogP contribution < -0.4 is 5.30 Å². The van der Waals surface area contributed by atoms with Gasteiger partial charge in [0.15, 0.2) is 0 Å². The second-order valence-corrected chi connectivity index (χ2v) is 19.4. The van der Waals surface area contributed by atoms with E-state index in [1.807, 2.05) is 0 Å². The molecule has 3 aromatic carbocycles. The Hall–Kier alpha value is -1.61. The predicted octanol–water partition coefficient (Wildman–Crippen LogP) is 9.39. The molecule has 0 saturated carbocycles. The molecule has 0 aliphatic carbocycles. The Morgan fingerprint density at radius 3 is 1.22 bits per heavy atom. The van der Waals surface area contributed by atoms with E-state index >= 15 is 0 Å². The number of hydrogen-bond donors (Lipinski definition) is 0. The third-order valence-electron chi connectivity index (χ3n) is 6.09. The van der Waals surface area contributed by atoms with Crippen molar-refractivity contribution < 1.29 is 0 Å². The van der Waals surface area contributed by atoms with Crippen molar-refractivity contribution in [1.29, 1.82) is 0 Å². The lowest BCUT2D eigenvalue weighted by Crippen LogP contribution is -2.10. The molecule has 0 radical (unpaired) electrons. The summed E-state index contributed by atoms with van der Waals surface area (Å²) in [7, 11) is 1.48. The molecule has 32 heavy (non-hydrogen) atoms. The smallest absolute Gasteiger partial charge is 0.0173 e. The first-order valence-corrected chi connectivity index (χ1v) is 16.4. The molecule has 0 bridgehead atoms. The van der Waals surface area contributed by atoms with Gasteiger partial charge >= 0.3 is 0 Å². The number of benzene rings is 3. The molecule has 0 aromatic heterocycles. The van der Waals surface area contributed by atoms with E-state index in [9.17, 15) is 0 Å². The number of aryl methyl sites for hydroxylation is 6. The molecule has 0 heterocycles. The molecule has 0 saturated heterocycles. The highest BCUT2D eigenvalue weighted by atomic mass is 31.8. The molecule has 0 aliphatic heterocycles. The van der Waals surface area contributed by atoms with Gasteiger partial charge in [0.1, 0.15) is 0 Å². The molecule has 0 spiro atoms. The van der Waals surface area contributed by atoms with Crippen LogP contribution >= 0.6 is 14.4 Å². The fourth-order valence-electron chi connectivity index (χ4n) is 4.99. The summed E-state index contributed by atoms with van der Waals surface area (Å²) < 4.78 is 0.